The quantitative estimate of drug-likeness (QED) is 0.426. The van der Waals surface area contributed by atoms with Crippen LogP contribution < -0.4 is 15.5 Å². The summed E-state index contributed by atoms with van der Waals surface area (Å²) in [6.07, 6.45) is 8.26. The van der Waals surface area contributed by atoms with Gasteiger partial charge in [-0.2, -0.15) is 0 Å². The van der Waals surface area contributed by atoms with Crippen LogP contribution in [0.4, 0.5) is 10.1 Å². The van der Waals surface area contributed by atoms with Crippen molar-refractivity contribution in [3.8, 4) is 0 Å². The van der Waals surface area contributed by atoms with Gasteiger partial charge in [0.2, 0.25) is 0 Å². The fourth-order valence-corrected chi connectivity index (χ4v) is 3.93. The molecule has 2 N–H and O–H groups in total. The van der Waals surface area contributed by atoms with Crippen molar-refractivity contribution in [2.45, 2.75) is 52.1 Å². The Hall–Kier alpha value is -2.57. The number of unbranched alkanes of at least 4 members (excludes halogenated alkanes) is 1. The lowest BCUT2D eigenvalue weighted by Gasteiger charge is -2.36. The standard InChI is InChI=1S/C22H33FN6/c1-17-15-19(23)8-9-21(17)29-13-6-7-20(16-29)27-22(24-3)26-10-4-5-12-28-14-11-25-18(28)2/h8-9,11,14-15,20H,4-7,10,12-13,16H2,1-3H3,(H2,24,26,27). The Kier molecular flexibility index (Phi) is 7.49. The molecule has 1 aromatic heterocycles. The van der Waals surface area contributed by atoms with Crippen molar-refractivity contribution in [3.05, 3.63) is 47.8 Å². The molecule has 1 unspecified atom stereocenters. The SMILES string of the molecule is CN=C(NCCCCn1ccnc1C)NC1CCCN(c2ccc(F)cc2C)C1. The van der Waals surface area contributed by atoms with Crippen LogP contribution in [-0.2, 0) is 6.54 Å². The van der Waals surface area contributed by atoms with Crippen LogP contribution in [0.2, 0.25) is 0 Å². The van der Waals surface area contributed by atoms with Crippen molar-refractivity contribution in [3.63, 3.8) is 0 Å². The summed E-state index contributed by atoms with van der Waals surface area (Å²) >= 11 is 0. The largest absolute Gasteiger partial charge is 0.369 e. The highest BCUT2D eigenvalue weighted by molar-refractivity contribution is 5.80. The summed E-state index contributed by atoms with van der Waals surface area (Å²) in [7, 11) is 1.81. The Balaban J connectivity index is 1.43. The minimum atomic E-state index is -0.175. The first-order chi connectivity index (χ1) is 14.1. The number of anilines is 1. The van der Waals surface area contributed by atoms with Gasteiger partial charge in [-0.15, -0.1) is 0 Å². The van der Waals surface area contributed by atoms with Crippen molar-refractivity contribution in [1.82, 2.24) is 20.2 Å². The van der Waals surface area contributed by atoms with E-state index in [0.717, 1.165) is 74.9 Å². The third-order valence-corrected chi connectivity index (χ3v) is 5.53. The van der Waals surface area contributed by atoms with Gasteiger partial charge in [-0.25, -0.2) is 9.37 Å². The van der Waals surface area contributed by atoms with Gasteiger partial charge in [0.1, 0.15) is 11.6 Å². The second kappa shape index (κ2) is 10.3. The molecule has 2 aromatic rings. The molecule has 29 heavy (non-hydrogen) atoms. The topological polar surface area (TPSA) is 57.5 Å². The highest BCUT2D eigenvalue weighted by atomic mass is 19.1. The minimum Gasteiger partial charge on any atom is -0.369 e. The fourth-order valence-electron chi connectivity index (χ4n) is 3.93. The fraction of sp³-hybridized carbons (Fsp3) is 0.545. The molecule has 1 fully saturated rings. The summed E-state index contributed by atoms with van der Waals surface area (Å²) in [5.41, 5.74) is 2.11. The van der Waals surface area contributed by atoms with E-state index in [1.807, 2.05) is 39.4 Å². The number of nitrogens with one attached hydrogen (secondary N) is 2. The van der Waals surface area contributed by atoms with Gasteiger partial charge < -0.3 is 20.1 Å². The van der Waals surface area contributed by atoms with Crippen molar-refractivity contribution >= 4 is 11.6 Å². The molecule has 0 spiro atoms. The Morgan fingerprint density at radius 1 is 1.31 bits per heavy atom. The maximum atomic E-state index is 13.4. The van der Waals surface area contributed by atoms with Crippen LogP contribution in [0, 0.1) is 19.7 Å². The summed E-state index contributed by atoms with van der Waals surface area (Å²) in [5, 5.41) is 6.99. The number of rotatable bonds is 7. The van der Waals surface area contributed by atoms with E-state index in [-0.39, 0.29) is 5.82 Å². The van der Waals surface area contributed by atoms with Crippen LogP contribution in [0.3, 0.4) is 0 Å². The van der Waals surface area contributed by atoms with E-state index < -0.39 is 0 Å². The van der Waals surface area contributed by atoms with Gasteiger partial charge >= 0.3 is 0 Å². The zero-order chi connectivity index (χ0) is 20.6. The van der Waals surface area contributed by atoms with E-state index in [4.69, 9.17) is 0 Å². The monoisotopic (exact) mass is 400 g/mol. The first-order valence-electron chi connectivity index (χ1n) is 10.5. The van der Waals surface area contributed by atoms with Crippen molar-refractivity contribution in [1.29, 1.82) is 0 Å². The van der Waals surface area contributed by atoms with Crippen LogP contribution in [0.15, 0.2) is 35.6 Å². The average molecular weight is 401 g/mol. The second-order valence-corrected chi connectivity index (χ2v) is 7.73. The molecule has 0 bridgehead atoms. The Morgan fingerprint density at radius 3 is 2.90 bits per heavy atom. The summed E-state index contributed by atoms with van der Waals surface area (Å²) < 4.78 is 15.6. The smallest absolute Gasteiger partial charge is 0.191 e. The van der Waals surface area contributed by atoms with Crippen LogP contribution in [0.25, 0.3) is 0 Å². The van der Waals surface area contributed by atoms with E-state index in [1.165, 1.54) is 0 Å². The molecular weight excluding hydrogens is 367 g/mol. The van der Waals surface area contributed by atoms with E-state index in [1.54, 1.807) is 12.1 Å². The Labute approximate surface area is 173 Å². The number of aromatic nitrogens is 2. The number of hydrogen-bond acceptors (Lipinski definition) is 3. The first kappa shape index (κ1) is 21.1. The zero-order valence-corrected chi connectivity index (χ0v) is 17.8. The highest BCUT2D eigenvalue weighted by Gasteiger charge is 2.22. The molecule has 1 aliphatic rings. The summed E-state index contributed by atoms with van der Waals surface area (Å²) in [6.45, 7) is 7.79. The molecule has 7 heteroatoms. The maximum Gasteiger partial charge on any atom is 0.191 e. The zero-order valence-electron chi connectivity index (χ0n) is 17.8. The predicted octanol–water partition coefficient (Wildman–Crippen LogP) is 3.25. The van der Waals surface area contributed by atoms with E-state index in [9.17, 15) is 4.39 Å². The number of halogens is 1. The van der Waals surface area contributed by atoms with Gasteiger partial charge in [0, 0.05) is 57.3 Å². The number of hydrogen-bond donors (Lipinski definition) is 2. The number of piperidine rings is 1. The minimum absolute atomic E-state index is 0.175. The molecule has 1 saturated heterocycles. The lowest BCUT2D eigenvalue weighted by atomic mass is 10.0. The summed E-state index contributed by atoms with van der Waals surface area (Å²) in [4.78, 5) is 11.0. The van der Waals surface area contributed by atoms with Crippen LogP contribution >= 0.6 is 0 Å². The number of imidazole rings is 1. The second-order valence-electron chi connectivity index (χ2n) is 7.73. The molecule has 1 aliphatic heterocycles. The molecule has 0 aliphatic carbocycles. The van der Waals surface area contributed by atoms with Crippen LogP contribution in [0.5, 0.6) is 0 Å². The van der Waals surface area contributed by atoms with Gasteiger partial charge in [0.15, 0.2) is 5.96 Å². The maximum absolute atomic E-state index is 13.4. The number of guanidine groups is 1. The molecule has 1 aromatic carbocycles. The summed E-state index contributed by atoms with van der Waals surface area (Å²) in [5.74, 6) is 1.74. The van der Waals surface area contributed by atoms with E-state index in [2.05, 4.69) is 30.1 Å². The third kappa shape index (κ3) is 5.95. The summed E-state index contributed by atoms with van der Waals surface area (Å²) in [6, 6.07) is 5.37. The van der Waals surface area contributed by atoms with Gasteiger partial charge in [-0.05, 0) is 63.3 Å². The van der Waals surface area contributed by atoms with Crippen molar-refractivity contribution < 1.29 is 4.39 Å². The molecule has 0 saturated carbocycles. The van der Waals surface area contributed by atoms with Gasteiger partial charge in [0.25, 0.3) is 0 Å². The van der Waals surface area contributed by atoms with E-state index >= 15 is 0 Å². The Bertz CT molecular complexity index is 815. The third-order valence-electron chi connectivity index (χ3n) is 5.53. The lowest BCUT2D eigenvalue weighted by molar-refractivity contribution is 0.466. The molecule has 158 valence electrons. The number of benzene rings is 1. The van der Waals surface area contributed by atoms with Gasteiger partial charge in [-0.3, -0.25) is 4.99 Å². The molecule has 0 amide bonds. The first-order valence-corrected chi connectivity index (χ1v) is 10.5. The molecule has 3 rings (SSSR count). The van der Waals surface area contributed by atoms with Gasteiger partial charge in [0.05, 0.1) is 0 Å². The van der Waals surface area contributed by atoms with Crippen LogP contribution in [-0.4, -0.2) is 48.2 Å². The molecule has 0 radical (unpaired) electrons. The number of aliphatic imine (C=N–C) groups is 1. The average Bonchev–Trinajstić information content (AvgIpc) is 3.12. The predicted molar refractivity (Wildman–Crippen MR) is 117 cm³/mol. The van der Waals surface area contributed by atoms with Crippen LogP contribution in [0.1, 0.15) is 37.1 Å². The van der Waals surface area contributed by atoms with Crippen molar-refractivity contribution in [2.75, 3.05) is 31.6 Å². The number of nitrogens with zero attached hydrogens (tertiary/aromatic N) is 4. The van der Waals surface area contributed by atoms with E-state index in [0.29, 0.717) is 6.04 Å². The number of aryl methyl sites for hydroxylation is 3. The normalized spacial score (nSPS) is 17.4. The molecule has 1 atom stereocenters. The van der Waals surface area contributed by atoms with Crippen molar-refractivity contribution in [2.24, 2.45) is 4.99 Å². The molecule has 6 nitrogen and oxygen atoms in total. The molecular formula is C22H33FN6. The highest BCUT2D eigenvalue weighted by Crippen LogP contribution is 2.24. The molecule has 2 heterocycles. The van der Waals surface area contributed by atoms with Gasteiger partial charge in [-0.1, -0.05) is 0 Å². The lowest BCUT2D eigenvalue weighted by Crippen LogP contribution is -2.51. The Morgan fingerprint density at radius 2 is 2.17 bits per heavy atom.